The van der Waals surface area contributed by atoms with Gasteiger partial charge in [0.15, 0.2) is 0 Å². The zero-order valence-electron chi connectivity index (χ0n) is 12.5. The molecule has 112 valence electrons. The molecule has 1 saturated heterocycles. The van der Waals surface area contributed by atoms with E-state index in [0.717, 1.165) is 38.7 Å². The summed E-state index contributed by atoms with van der Waals surface area (Å²) in [7, 11) is 2.19. The van der Waals surface area contributed by atoms with Crippen molar-refractivity contribution < 1.29 is 4.74 Å². The van der Waals surface area contributed by atoms with E-state index in [1.165, 1.54) is 30.1 Å². The molecular weight excluding hydrogens is 270 g/mol. The lowest BCUT2D eigenvalue weighted by Crippen LogP contribution is -2.46. The van der Waals surface area contributed by atoms with Crippen LogP contribution in [0.25, 0.3) is 0 Å². The molecule has 2 fully saturated rings. The molecule has 20 heavy (non-hydrogen) atoms. The van der Waals surface area contributed by atoms with Crippen LogP contribution in [-0.2, 0) is 11.3 Å². The molecule has 2 heterocycles. The number of likely N-dealkylation sites (N-methyl/N-ethyl adjacent to an activating group) is 1. The maximum atomic E-state index is 5.92. The highest BCUT2D eigenvalue weighted by Gasteiger charge is 2.27. The molecule has 5 heteroatoms. The van der Waals surface area contributed by atoms with E-state index in [9.17, 15) is 0 Å². The third-order valence-electron chi connectivity index (χ3n) is 4.07. The molecule has 1 atom stereocenters. The number of nitrogens with zero attached hydrogens (tertiary/aromatic N) is 3. The molecule has 0 N–H and O–H groups in total. The summed E-state index contributed by atoms with van der Waals surface area (Å²) >= 11 is 1.75. The van der Waals surface area contributed by atoms with Crippen LogP contribution in [0.15, 0.2) is 5.38 Å². The highest BCUT2D eigenvalue weighted by molar-refractivity contribution is 7.09. The van der Waals surface area contributed by atoms with Crippen molar-refractivity contribution in [2.75, 3.05) is 39.8 Å². The first kappa shape index (κ1) is 14.4. The van der Waals surface area contributed by atoms with Gasteiger partial charge in [0, 0.05) is 38.1 Å². The predicted octanol–water partition coefficient (Wildman–Crippen LogP) is 1.99. The minimum Gasteiger partial charge on any atom is -0.374 e. The van der Waals surface area contributed by atoms with Gasteiger partial charge in [-0.2, -0.15) is 0 Å². The van der Waals surface area contributed by atoms with Crippen LogP contribution in [0.1, 0.15) is 23.5 Å². The van der Waals surface area contributed by atoms with Crippen molar-refractivity contribution in [1.82, 2.24) is 14.8 Å². The monoisotopic (exact) mass is 295 g/mol. The molecule has 1 saturated carbocycles. The minimum absolute atomic E-state index is 0.354. The van der Waals surface area contributed by atoms with Gasteiger partial charge in [-0.05, 0) is 32.7 Å². The van der Waals surface area contributed by atoms with Gasteiger partial charge < -0.3 is 9.64 Å². The van der Waals surface area contributed by atoms with E-state index in [4.69, 9.17) is 4.74 Å². The number of hydrogen-bond acceptors (Lipinski definition) is 5. The Morgan fingerprint density at radius 1 is 1.45 bits per heavy atom. The standard InChI is InChI=1S/C15H25N3OS/c1-12-16-14(11-20-12)8-18(7-13-3-4-13)10-15-9-17(2)5-6-19-15/h11,13,15H,3-10H2,1-2H3. The predicted molar refractivity (Wildman–Crippen MR) is 82.1 cm³/mol. The first-order chi connectivity index (χ1) is 9.69. The number of aromatic nitrogens is 1. The van der Waals surface area contributed by atoms with Crippen molar-refractivity contribution in [2.24, 2.45) is 5.92 Å². The molecule has 0 aromatic carbocycles. The summed E-state index contributed by atoms with van der Waals surface area (Å²) < 4.78 is 5.92. The van der Waals surface area contributed by atoms with E-state index in [0.29, 0.717) is 6.10 Å². The summed E-state index contributed by atoms with van der Waals surface area (Å²) in [5.41, 5.74) is 1.22. The van der Waals surface area contributed by atoms with E-state index in [1.807, 2.05) is 0 Å². The summed E-state index contributed by atoms with van der Waals surface area (Å²) in [6, 6.07) is 0. The Labute approximate surface area is 125 Å². The number of aryl methyl sites for hydroxylation is 1. The van der Waals surface area contributed by atoms with E-state index in [1.54, 1.807) is 11.3 Å². The maximum absolute atomic E-state index is 5.92. The van der Waals surface area contributed by atoms with Gasteiger partial charge in [-0.15, -0.1) is 11.3 Å². The first-order valence-corrected chi connectivity index (χ1v) is 8.50. The van der Waals surface area contributed by atoms with Gasteiger partial charge in [-0.3, -0.25) is 4.90 Å². The van der Waals surface area contributed by atoms with Crippen LogP contribution in [0.3, 0.4) is 0 Å². The molecular formula is C15H25N3OS. The van der Waals surface area contributed by atoms with Crippen molar-refractivity contribution in [2.45, 2.75) is 32.4 Å². The Bertz CT molecular complexity index is 433. The second-order valence-electron chi connectivity index (χ2n) is 6.25. The molecule has 3 rings (SSSR count). The van der Waals surface area contributed by atoms with Crippen LogP contribution < -0.4 is 0 Å². The van der Waals surface area contributed by atoms with Crippen molar-refractivity contribution >= 4 is 11.3 Å². The second-order valence-corrected chi connectivity index (χ2v) is 7.31. The average Bonchev–Trinajstić information content (AvgIpc) is 3.11. The average molecular weight is 295 g/mol. The molecule has 0 bridgehead atoms. The summed E-state index contributed by atoms with van der Waals surface area (Å²) in [4.78, 5) is 9.53. The highest BCUT2D eigenvalue weighted by atomic mass is 32.1. The lowest BCUT2D eigenvalue weighted by molar-refractivity contribution is -0.0374. The SMILES string of the molecule is Cc1nc(CN(CC2CC2)CC2CN(C)CCO2)cs1. The molecule has 1 aromatic heterocycles. The molecule has 1 unspecified atom stereocenters. The fourth-order valence-corrected chi connectivity index (χ4v) is 3.45. The summed E-state index contributed by atoms with van der Waals surface area (Å²) in [5, 5.41) is 3.36. The molecule has 0 spiro atoms. The lowest BCUT2D eigenvalue weighted by Gasteiger charge is -2.33. The Kier molecular flexibility index (Phi) is 4.71. The van der Waals surface area contributed by atoms with Crippen LogP contribution in [0.4, 0.5) is 0 Å². The molecule has 0 amide bonds. The zero-order valence-corrected chi connectivity index (χ0v) is 13.4. The number of morpholine rings is 1. The minimum atomic E-state index is 0.354. The molecule has 4 nitrogen and oxygen atoms in total. The lowest BCUT2D eigenvalue weighted by atomic mass is 10.2. The van der Waals surface area contributed by atoms with Gasteiger partial charge in [-0.25, -0.2) is 4.98 Å². The summed E-state index contributed by atoms with van der Waals surface area (Å²) in [6.07, 6.45) is 3.16. The van der Waals surface area contributed by atoms with Crippen LogP contribution in [0.2, 0.25) is 0 Å². The number of rotatable bonds is 6. The molecule has 2 aliphatic rings. The van der Waals surface area contributed by atoms with Gasteiger partial charge in [0.2, 0.25) is 0 Å². The summed E-state index contributed by atoms with van der Waals surface area (Å²) in [5.74, 6) is 0.913. The molecule has 1 aromatic rings. The van der Waals surface area contributed by atoms with Crippen LogP contribution >= 0.6 is 11.3 Å². The van der Waals surface area contributed by atoms with Gasteiger partial charge in [0.05, 0.1) is 23.4 Å². The smallest absolute Gasteiger partial charge is 0.0897 e. The van der Waals surface area contributed by atoms with Gasteiger partial charge >= 0.3 is 0 Å². The Balaban J connectivity index is 1.56. The maximum Gasteiger partial charge on any atom is 0.0897 e. The Morgan fingerprint density at radius 3 is 2.95 bits per heavy atom. The van der Waals surface area contributed by atoms with Crippen LogP contribution in [0, 0.1) is 12.8 Å². The molecule has 0 radical (unpaired) electrons. The molecule has 1 aliphatic heterocycles. The normalized spacial score (nSPS) is 24.4. The second kappa shape index (κ2) is 6.52. The fourth-order valence-electron chi connectivity index (χ4n) is 2.84. The van der Waals surface area contributed by atoms with Gasteiger partial charge in [0.1, 0.15) is 0 Å². The van der Waals surface area contributed by atoms with E-state index < -0.39 is 0 Å². The van der Waals surface area contributed by atoms with Crippen molar-refractivity contribution in [3.05, 3.63) is 16.1 Å². The zero-order chi connectivity index (χ0) is 13.9. The van der Waals surface area contributed by atoms with Crippen LogP contribution in [-0.4, -0.2) is 60.7 Å². The Morgan fingerprint density at radius 2 is 2.30 bits per heavy atom. The summed E-state index contributed by atoms with van der Waals surface area (Å²) in [6.45, 7) is 8.29. The third kappa shape index (κ3) is 4.25. The topological polar surface area (TPSA) is 28.6 Å². The van der Waals surface area contributed by atoms with Crippen molar-refractivity contribution in [3.8, 4) is 0 Å². The van der Waals surface area contributed by atoms with Gasteiger partial charge in [-0.1, -0.05) is 0 Å². The van der Waals surface area contributed by atoms with E-state index in [-0.39, 0.29) is 0 Å². The number of thiazole rings is 1. The Hall–Kier alpha value is -0.490. The van der Waals surface area contributed by atoms with Crippen molar-refractivity contribution in [3.63, 3.8) is 0 Å². The number of ether oxygens (including phenoxy) is 1. The van der Waals surface area contributed by atoms with E-state index >= 15 is 0 Å². The highest BCUT2D eigenvalue weighted by Crippen LogP contribution is 2.30. The quantitative estimate of drug-likeness (QED) is 0.802. The van der Waals surface area contributed by atoms with E-state index in [2.05, 4.69) is 34.1 Å². The third-order valence-corrected chi connectivity index (χ3v) is 4.89. The fraction of sp³-hybridized carbons (Fsp3) is 0.800. The van der Waals surface area contributed by atoms with Crippen molar-refractivity contribution in [1.29, 1.82) is 0 Å². The largest absolute Gasteiger partial charge is 0.374 e. The first-order valence-electron chi connectivity index (χ1n) is 7.62. The van der Waals surface area contributed by atoms with Crippen LogP contribution in [0.5, 0.6) is 0 Å². The molecule has 1 aliphatic carbocycles. The number of hydrogen-bond donors (Lipinski definition) is 0. The van der Waals surface area contributed by atoms with Gasteiger partial charge in [0.25, 0.3) is 0 Å².